The molecule has 0 radical (unpaired) electrons. The van der Waals surface area contributed by atoms with Gasteiger partial charge in [-0.1, -0.05) is 48.0 Å². The van der Waals surface area contributed by atoms with Gasteiger partial charge in [-0.05, 0) is 36.4 Å². The lowest BCUT2D eigenvalue weighted by Crippen LogP contribution is -2.15. The minimum Gasteiger partial charge on any atom is -0.488 e. The van der Waals surface area contributed by atoms with Gasteiger partial charge in [-0.3, -0.25) is 0 Å². The van der Waals surface area contributed by atoms with Gasteiger partial charge in [-0.2, -0.15) is 5.10 Å². The van der Waals surface area contributed by atoms with Crippen molar-refractivity contribution in [3.05, 3.63) is 100 Å². The molecule has 0 aliphatic carbocycles. The number of rotatable bonds is 7. The van der Waals surface area contributed by atoms with E-state index in [2.05, 4.69) is 5.10 Å². The first-order valence-electron chi connectivity index (χ1n) is 10.5. The van der Waals surface area contributed by atoms with Crippen molar-refractivity contribution in [2.75, 3.05) is 14.2 Å². The molecule has 0 amide bonds. The maximum atomic E-state index is 13.4. The van der Waals surface area contributed by atoms with Crippen molar-refractivity contribution in [3.8, 4) is 22.7 Å². The predicted molar refractivity (Wildman–Crippen MR) is 127 cm³/mol. The molecule has 0 aliphatic rings. The largest absolute Gasteiger partial charge is 0.488 e. The number of halogens is 2. The zero-order valence-electron chi connectivity index (χ0n) is 18.8. The molecular weight excluding hydrogens is 475 g/mol. The van der Waals surface area contributed by atoms with Crippen molar-refractivity contribution < 1.29 is 28.2 Å². The summed E-state index contributed by atoms with van der Waals surface area (Å²) in [5.41, 5.74) is 1.56. The standard InChI is InChI=1S/C26H20ClFN2O5/c1-33-25(31)22-23(29-30(24(22)26(32)34-2)18-8-4-3-5-9-18)19-10-6-7-11-21(19)35-15-16-12-13-17(28)14-20(16)27/h3-14H,15H2,1-2H3. The minimum absolute atomic E-state index is 0.0347. The normalized spacial score (nSPS) is 10.6. The molecule has 35 heavy (non-hydrogen) atoms. The molecule has 0 fully saturated rings. The van der Waals surface area contributed by atoms with Crippen LogP contribution in [0.3, 0.4) is 0 Å². The van der Waals surface area contributed by atoms with Crippen LogP contribution < -0.4 is 4.74 Å². The molecule has 0 saturated carbocycles. The van der Waals surface area contributed by atoms with E-state index in [9.17, 15) is 14.0 Å². The smallest absolute Gasteiger partial charge is 0.357 e. The Hall–Kier alpha value is -4.17. The summed E-state index contributed by atoms with van der Waals surface area (Å²) in [6.07, 6.45) is 0. The van der Waals surface area contributed by atoms with E-state index in [0.29, 0.717) is 22.6 Å². The van der Waals surface area contributed by atoms with Gasteiger partial charge in [0.25, 0.3) is 0 Å². The average Bonchev–Trinajstić information content (AvgIpc) is 3.28. The number of benzene rings is 3. The van der Waals surface area contributed by atoms with Crippen molar-refractivity contribution in [3.63, 3.8) is 0 Å². The molecule has 0 N–H and O–H groups in total. The maximum absolute atomic E-state index is 13.4. The van der Waals surface area contributed by atoms with Gasteiger partial charge in [-0.25, -0.2) is 18.7 Å². The first kappa shape index (κ1) is 24.0. The van der Waals surface area contributed by atoms with Crippen LogP contribution in [0.25, 0.3) is 16.9 Å². The SMILES string of the molecule is COC(=O)c1c(-c2ccccc2OCc2ccc(F)cc2Cl)nn(-c2ccccc2)c1C(=O)OC. The molecule has 0 bridgehead atoms. The number of aromatic nitrogens is 2. The Labute approximate surface area is 205 Å². The summed E-state index contributed by atoms with van der Waals surface area (Å²) >= 11 is 6.13. The Morgan fingerprint density at radius 3 is 2.31 bits per heavy atom. The monoisotopic (exact) mass is 494 g/mol. The molecule has 0 unspecified atom stereocenters. The highest BCUT2D eigenvalue weighted by Crippen LogP contribution is 2.35. The lowest BCUT2D eigenvalue weighted by molar-refractivity contribution is 0.0549. The van der Waals surface area contributed by atoms with Gasteiger partial charge < -0.3 is 14.2 Å². The average molecular weight is 495 g/mol. The zero-order chi connectivity index (χ0) is 24.9. The van der Waals surface area contributed by atoms with Crippen LogP contribution in [-0.2, 0) is 16.1 Å². The molecule has 3 aromatic carbocycles. The van der Waals surface area contributed by atoms with Crippen LogP contribution >= 0.6 is 11.6 Å². The highest BCUT2D eigenvalue weighted by atomic mass is 35.5. The Kier molecular flexibility index (Phi) is 7.12. The summed E-state index contributed by atoms with van der Waals surface area (Å²) in [4.78, 5) is 25.7. The Bertz CT molecular complexity index is 1390. The van der Waals surface area contributed by atoms with E-state index in [-0.39, 0.29) is 28.6 Å². The van der Waals surface area contributed by atoms with Crippen LogP contribution in [0.5, 0.6) is 5.75 Å². The van der Waals surface area contributed by atoms with Crippen LogP contribution in [0.1, 0.15) is 26.4 Å². The Morgan fingerprint density at radius 2 is 1.63 bits per heavy atom. The Morgan fingerprint density at radius 1 is 0.943 bits per heavy atom. The van der Waals surface area contributed by atoms with Gasteiger partial charge in [0, 0.05) is 11.1 Å². The van der Waals surface area contributed by atoms with E-state index in [1.807, 2.05) is 6.07 Å². The molecule has 9 heteroatoms. The minimum atomic E-state index is -0.765. The van der Waals surface area contributed by atoms with Crippen LogP contribution in [0.15, 0.2) is 72.8 Å². The van der Waals surface area contributed by atoms with Gasteiger partial charge in [0.05, 0.1) is 24.9 Å². The number of methoxy groups -OCH3 is 2. The van der Waals surface area contributed by atoms with Crippen LogP contribution in [-0.4, -0.2) is 35.9 Å². The second kappa shape index (κ2) is 10.4. The molecule has 7 nitrogen and oxygen atoms in total. The molecule has 4 rings (SSSR count). The van der Waals surface area contributed by atoms with Crippen LogP contribution in [0.2, 0.25) is 5.02 Å². The van der Waals surface area contributed by atoms with Crippen molar-refractivity contribution in [2.45, 2.75) is 6.61 Å². The van der Waals surface area contributed by atoms with E-state index in [0.717, 1.165) is 0 Å². The fraction of sp³-hybridized carbons (Fsp3) is 0.115. The highest BCUT2D eigenvalue weighted by Gasteiger charge is 2.32. The molecule has 0 atom stereocenters. The fourth-order valence-corrected chi connectivity index (χ4v) is 3.75. The topological polar surface area (TPSA) is 79.7 Å². The summed E-state index contributed by atoms with van der Waals surface area (Å²) < 4.78 is 30.7. The summed E-state index contributed by atoms with van der Waals surface area (Å²) in [7, 11) is 2.43. The van der Waals surface area contributed by atoms with E-state index in [1.54, 1.807) is 48.5 Å². The number of hydrogen-bond donors (Lipinski definition) is 0. The van der Waals surface area contributed by atoms with Crippen molar-refractivity contribution in [1.82, 2.24) is 9.78 Å². The molecule has 1 heterocycles. The van der Waals surface area contributed by atoms with Gasteiger partial charge in [0.2, 0.25) is 0 Å². The molecule has 0 aliphatic heterocycles. The molecule has 0 saturated heterocycles. The summed E-state index contributed by atoms with van der Waals surface area (Å²) in [5, 5.41) is 4.81. The molecular formula is C26H20ClFN2O5. The lowest BCUT2D eigenvalue weighted by atomic mass is 10.0. The van der Waals surface area contributed by atoms with E-state index in [1.165, 1.54) is 37.1 Å². The predicted octanol–water partition coefficient (Wildman–Crippen LogP) is 5.48. The fourth-order valence-electron chi connectivity index (χ4n) is 3.53. The van der Waals surface area contributed by atoms with Crippen LogP contribution in [0.4, 0.5) is 4.39 Å². The zero-order valence-corrected chi connectivity index (χ0v) is 19.6. The number of carbonyl (C=O) groups excluding carboxylic acids is 2. The molecule has 0 spiro atoms. The quantitative estimate of drug-likeness (QED) is 0.316. The summed E-state index contributed by atoms with van der Waals surface area (Å²) in [6.45, 7) is 0.0347. The lowest BCUT2D eigenvalue weighted by Gasteiger charge is -2.12. The third kappa shape index (κ3) is 4.88. The summed E-state index contributed by atoms with van der Waals surface area (Å²) in [5.74, 6) is -1.61. The van der Waals surface area contributed by atoms with Gasteiger partial charge in [-0.15, -0.1) is 0 Å². The van der Waals surface area contributed by atoms with Gasteiger partial charge >= 0.3 is 11.9 Å². The molecule has 178 valence electrons. The van der Waals surface area contributed by atoms with E-state index in [4.69, 9.17) is 25.8 Å². The highest BCUT2D eigenvalue weighted by molar-refractivity contribution is 6.31. The van der Waals surface area contributed by atoms with Crippen molar-refractivity contribution in [2.24, 2.45) is 0 Å². The first-order valence-corrected chi connectivity index (χ1v) is 10.8. The maximum Gasteiger partial charge on any atom is 0.357 e. The summed E-state index contributed by atoms with van der Waals surface area (Å²) in [6, 6.07) is 19.7. The number of ether oxygens (including phenoxy) is 3. The number of nitrogens with zero attached hydrogens (tertiary/aromatic N) is 2. The van der Waals surface area contributed by atoms with Crippen molar-refractivity contribution >= 4 is 23.5 Å². The second-order valence-corrected chi connectivity index (χ2v) is 7.73. The third-order valence-corrected chi connectivity index (χ3v) is 5.55. The molecule has 1 aromatic heterocycles. The number of hydrogen-bond acceptors (Lipinski definition) is 6. The van der Waals surface area contributed by atoms with Crippen molar-refractivity contribution in [1.29, 1.82) is 0 Å². The Balaban J connectivity index is 1.86. The van der Waals surface area contributed by atoms with E-state index >= 15 is 0 Å². The third-order valence-electron chi connectivity index (χ3n) is 5.19. The van der Waals surface area contributed by atoms with Crippen LogP contribution in [0, 0.1) is 5.82 Å². The number of para-hydroxylation sites is 2. The number of carbonyl (C=O) groups is 2. The second-order valence-electron chi connectivity index (χ2n) is 7.32. The van der Waals surface area contributed by atoms with Gasteiger partial charge in [0.1, 0.15) is 29.4 Å². The van der Waals surface area contributed by atoms with Gasteiger partial charge in [0.15, 0.2) is 5.69 Å². The molecule has 4 aromatic rings. The van der Waals surface area contributed by atoms with E-state index < -0.39 is 17.8 Å². The number of esters is 2. The first-order chi connectivity index (χ1) is 16.9.